The third-order valence-corrected chi connectivity index (χ3v) is 6.46. The Morgan fingerprint density at radius 3 is 2.75 bits per heavy atom. The number of thiazole rings is 1. The van der Waals surface area contributed by atoms with Gasteiger partial charge in [-0.3, -0.25) is 5.32 Å². The number of anilines is 1. The molecule has 150 valence electrons. The lowest BCUT2D eigenvalue weighted by Gasteiger charge is -2.33. The van der Waals surface area contributed by atoms with Crippen LogP contribution in [-0.4, -0.2) is 41.8 Å². The maximum absolute atomic E-state index is 12.9. The van der Waals surface area contributed by atoms with Gasteiger partial charge in [-0.15, -0.1) is 11.3 Å². The first-order valence-electron chi connectivity index (χ1n) is 9.57. The highest BCUT2D eigenvalue weighted by atomic mass is 32.1. The Hall–Kier alpha value is -2.32. The van der Waals surface area contributed by atoms with Crippen molar-refractivity contribution in [3.05, 3.63) is 33.8 Å². The summed E-state index contributed by atoms with van der Waals surface area (Å²) in [6.45, 7) is 0.525. The maximum Gasteiger partial charge on any atom is 0.324 e. The molecule has 0 unspecified atom stereocenters. The van der Waals surface area contributed by atoms with Crippen molar-refractivity contribution in [2.45, 2.75) is 44.8 Å². The fraction of sp³-hybridized carbons (Fsp3) is 0.500. The van der Waals surface area contributed by atoms with Crippen LogP contribution in [0.3, 0.4) is 0 Å². The Morgan fingerprint density at radius 1 is 1.21 bits per heavy atom. The molecule has 2 aliphatic rings. The van der Waals surface area contributed by atoms with E-state index in [1.165, 1.54) is 17.7 Å². The van der Waals surface area contributed by atoms with Crippen LogP contribution in [0.25, 0.3) is 0 Å². The molecule has 7 nitrogen and oxygen atoms in total. The molecule has 28 heavy (non-hydrogen) atoms. The Labute approximate surface area is 168 Å². The van der Waals surface area contributed by atoms with Crippen LogP contribution >= 0.6 is 11.3 Å². The molecule has 0 bridgehead atoms. The van der Waals surface area contributed by atoms with Gasteiger partial charge in [0.15, 0.2) is 5.13 Å². The molecule has 2 heterocycles. The summed E-state index contributed by atoms with van der Waals surface area (Å²) in [5, 5.41) is 14.2. The quantitative estimate of drug-likeness (QED) is 0.766. The van der Waals surface area contributed by atoms with E-state index in [1.54, 1.807) is 42.6 Å². The SMILES string of the molecule is COc1ccc(OC)c2c1CN(C(=O)Nc1nc3c(s1)CCCCC3)C[C@H]2O. The second-order valence-electron chi connectivity index (χ2n) is 7.14. The second kappa shape index (κ2) is 7.97. The number of aliphatic hydroxyl groups excluding tert-OH is 1. The van der Waals surface area contributed by atoms with Crippen molar-refractivity contribution in [1.82, 2.24) is 9.88 Å². The number of urea groups is 1. The largest absolute Gasteiger partial charge is 0.496 e. The number of nitrogens with one attached hydrogen (secondary N) is 1. The molecular weight excluding hydrogens is 378 g/mol. The van der Waals surface area contributed by atoms with Crippen molar-refractivity contribution in [2.24, 2.45) is 0 Å². The number of rotatable bonds is 3. The number of benzene rings is 1. The van der Waals surface area contributed by atoms with Gasteiger partial charge in [-0.25, -0.2) is 9.78 Å². The number of β-amino-alcohol motifs (C(OH)–C–C–N with tert-alkyl or cyclic N) is 1. The first-order chi connectivity index (χ1) is 13.6. The highest BCUT2D eigenvalue weighted by Crippen LogP contribution is 2.39. The fourth-order valence-electron chi connectivity index (χ4n) is 3.98. The van der Waals surface area contributed by atoms with Gasteiger partial charge in [0.05, 0.1) is 33.0 Å². The lowest BCUT2D eigenvalue weighted by Crippen LogP contribution is -2.41. The van der Waals surface area contributed by atoms with E-state index in [2.05, 4.69) is 10.3 Å². The monoisotopic (exact) mass is 403 g/mol. The molecule has 0 saturated heterocycles. The first kappa shape index (κ1) is 19.0. The molecule has 1 aromatic heterocycles. The molecule has 1 aliphatic carbocycles. The van der Waals surface area contributed by atoms with Gasteiger partial charge in [0.2, 0.25) is 0 Å². The molecule has 2 aromatic rings. The third kappa shape index (κ3) is 3.54. The maximum atomic E-state index is 12.9. The highest BCUT2D eigenvalue weighted by Gasteiger charge is 2.32. The van der Waals surface area contributed by atoms with Gasteiger partial charge in [-0.1, -0.05) is 6.42 Å². The van der Waals surface area contributed by atoms with E-state index in [9.17, 15) is 9.90 Å². The molecule has 8 heteroatoms. The number of carbonyl (C=O) groups excluding carboxylic acids is 1. The number of ether oxygens (including phenoxy) is 2. The van der Waals surface area contributed by atoms with Gasteiger partial charge in [0, 0.05) is 16.0 Å². The molecule has 2 amide bonds. The summed E-state index contributed by atoms with van der Waals surface area (Å²) in [6.07, 6.45) is 4.75. The van der Waals surface area contributed by atoms with Crippen LogP contribution in [0.1, 0.15) is 47.1 Å². The fourth-order valence-corrected chi connectivity index (χ4v) is 5.02. The lowest BCUT2D eigenvalue weighted by atomic mass is 9.95. The predicted molar refractivity (Wildman–Crippen MR) is 107 cm³/mol. The van der Waals surface area contributed by atoms with Crippen LogP contribution in [-0.2, 0) is 19.4 Å². The molecule has 2 N–H and O–H groups in total. The first-order valence-corrected chi connectivity index (χ1v) is 10.4. The van der Waals surface area contributed by atoms with Gasteiger partial charge in [-0.2, -0.15) is 0 Å². The van der Waals surface area contributed by atoms with E-state index in [4.69, 9.17) is 9.47 Å². The van der Waals surface area contributed by atoms with Crippen molar-refractivity contribution >= 4 is 22.5 Å². The molecule has 1 atom stereocenters. The summed E-state index contributed by atoms with van der Waals surface area (Å²) in [7, 11) is 3.15. The normalized spacial score (nSPS) is 18.7. The minimum Gasteiger partial charge on any atom is -0.496 e. The highest BCUT2D eigenvalue weighted by molar-refractivity contribution is 7.15. The number of aromatic nitrogens is 1. The molecule has 0 radical (unpaired) electrons. The Morgan fingerprint density at radius 2 is 1.96 bits per heavy atom. The minimum atomic E-state index is -0.840. The van der Waals surface area contributed by atoms with Crippen LogP contribution in [0.4, 0.5) is 9.93 Å². The van der Waals surface area contributed by atoms with Crippen molar-refractivity contribution < 1.29 is 19.4 Å². The van der Waals surface area contributed by atoms with E-state index >= 15 is 0 Å². The number of methoxy groups -OCH3 is 2. The van der Waals surface area contributed by atoms with Crippen LogP contribution < -0.4 is 14.8 Å². The van der Waals surface area contributed by atoms with Crippen LogP contribution in [0.5, 0.6) is 11.5 Å². The molecule has 0 spiro atoms. The average Bonchev–Trinajstić information content (AvgIpc) is 2.94. The topological polar surface area (TPSA) is 83.9 Å². The van der Waals surface area contributed by atoms with Crippen molar-refractivity contribution in [3.8, 4) is 11.5 Å². The average molecular weight is 404 g/mol. The number of amides is 2. The van der Waals surface area contributed by atoms with E-state index in [1.807, 2.05) is 0 Å². The number of hydrogen-bond donors (Lipinski definition) is 2. The summed E-state index contributed by atoms with van der Waals surface area (Å²) < 4.78 is 10.8. The number of carbonyl (C=O) groups is 1. The van der Waals surface area contributed by atoms with Crippen molar-refractivity contribution in [3.63, 3.8) is 0 Å². The summed E-state index contributed by atoms with van der Waals surface area (Å²) in [5.74, 6) is 1.24. The third-order valence-electron chi connectivity index (χ3n) is 5.39. The van der Waals surface area contributed by atoms with E-state index < -0.39 is 6.10 Å². The number of hydrogen-bond acceptors (Lipinski definition) is 6. The van der Waals surface area contributed by atoms with Gasteiger partial charge < -0.3 is 19.5 Å². The molecular formula is C20H25N3O4S. The smallest absolute Gasteiger partial charge is 0.324 e. The van der Waals surface area contributed by atoms with Crippen molar-refractivity contribution in [2.75, 3.05) is 26.1 Å². The number of fused-ring (bicyclic) bond motifs is 2. The summed E-state index contributed by atoms with van der Waals surface area (Å²) in [4.78, 5) is 20.3. The van der Waals surface area contributed by atoms with Crippen LogP contribution in [0.15, 0.2) is 12.1 Å². The van der Waals surface area contributed by atoms with E-state index in [0.717, 1.165) is 30.5 Å². The molecule has 0 fully saturated rings. The van der Waals surface area contributed by atoms with Crippen LogP contribution in [0.2, 0.25) is 0 Å². The summed E-state index contributed by atoms with van der Waals surface area (Å²) >= 11 is 1.56. The number of aliphatic hydroxyl groups is 1. The summed E-state index contributed by atoms with van der Waals surface area (Å²) in [6, 6.07) is 3.31. The number of nitrogens with zero attached hydrogens (tertiary/aromatic N) is 2. The van der Waals surface area contributed by atoms with E-state index in [0.29, 0.717) is 28.7 Å². The second-order valence-corrected chi connectivity index (χ2v) is 8.22. The van der Waals surface area contributed by atoms with E-state index in [-0.39, 0.29) is 12.6 Å². The summed E-state index contributed by atoms with van der Waals surface area (Å²) in [5.41, 5.74) is 2.57. The van der Waals surface area contributed by atoms with Crippen molar-refractivity contribution in [1.29, 1.82) is 0 Å². The van der Waals surface area contributed by atoms with Gasteiger partial charge in [-0.05, 0) is 37.8 Å². The molecule has 1 aromatic carbocycles. The molecule has 0 saturated carbocycles. The molecule has 4 rings (SSSR count). The molecule has 1 aliphatic heterocycles. The van der Waals surface area contributed by atoms with Gasteiger partial charge in [0.25, 0.3) is 0 Å². The standard InChI is InChI=1S/C20H25N3O4S/c1-26-15-8-9-16(27-2)18-12(15)10-23(11-14(18)24)20(25)22-19-21-13-6-4-3-5-7-17(13)28-19/h8-9,14,24H,3-7,10-11H2,1-2H3,(H,21,22,25)/t14-/m1/s1. The zero-order chi connectivity index (χ0) is 19.7. The van der Waals surface area contributed by atoms with Gasteiger partial charge in [0.1, 0.15) is 17.6 Å². The zero-order valence-electron chi connectivity index (χ0n) is 16.2. The Balaban J connectivity index is 1.54. The van der Waals surface area contributed by atoms with Crippen LogP contribution in [0, 0.1) is 0 Å². The minimum absolute atomic E-state index is 0.188. The Kier molecular flexibility index (Phi) is 5.41. The number of aryl methyl sites for hydroxylation is 2. The lowest BCUT2D eigenvalue weighted by molar-refractivity contribution is 0.105. The van der Waals surface area contributed by atoms with Gasteiger partial charge >= 0.3 is 6.03 Å². The zero-order valence-corrected chi connectivity index (χ0v) is 17.0. The predicted octanol–water partition coefficient (Wildman–Crippen LogP) is 3.51. The Bertz CT molecular complexity index is 859.